The molecule has 1 unspecified atom stereocenters. The Morgan fingerprint density at radius 2 is 1.92 bits per heavy atom. The van der Waals surface area contributed by atoms with Crippen molar-refractivity contribution in [2.75, 3.05) is 7.11 Å². The molecule has 0 aliphatic rings. The van der Waals surface area contributed by atoms with E-state index in [-0.39, 0.29) is 18.7 Å². The van der Waals surface area contributed by atoms with Crippen molar-refractivity contribution in [1.29, 1.82) is 0 Å². The first-order valence-electron chi connectivity index (χ1n) is 7.34. The van der Waals surface area contributed by atoms with Crippen LogP contribution in [0.1, 0.15) is 23.6 Å². The molecule has 6 heteroatoms. The maximum atomic E-state index is 13.2. The number of rotatable bonds is 6. The Kier molecular flexibility index (Phi) is 6.32. The minimum Gasteiger partial charge on any atom is -0.469 e. The van der Waals surface area contributed by atoms with Crippen LogP contribution in [0.2, 0.25) is 5.02 Å². The molecule has 24 heavy (non-hydrogen) atoms. The smallest absolute Gasteiger partial charge is 0.307 e. The molecule has 0 aliphatic carbocycles. The number of esters is 1. The highest BCUT2D eigenvalue weighted by molar-refractivity contribution is 6.30. The van der Waals surface area contributed by atoms with Crippen LogP contribution in [0.4, 0.5) is 4.39 Å². The van der Waals surface area contributed by atoms with Gasteiger partial charge in [0.2, 0.25) is 5.91 Å². The number of hydrogen-bond acceptors (Lipinski definition) is 3. The summed E-state index contributed by atoms with van der Waals surface area (Å²) in [7, 11) is 1.29. The van der Waals surface area contributed by atoms with Gasteiger partial charge < -0.3 is 10.1 Å². The summed E-state index contributed by atoms with van der Waals surface area (Å²) in [6.07, 6.45) is 0.00997. The minimum atomic E-state index is -0.546. The van der Waals surface area contributed by atoms with Crippen LogP contribution in [-0.2, 0) is 20.7 Å². The number of benzene rings is 2. The van der Waals surface area contributed by atoms with Crippen molar-refractivity contribution in [2.45, 2.75) is 18.9 Å². The maximum absolute atomic E-state index is 13.2. The average Bonchev–Trinajstić information content (AvgIpc) is 2.54. The highest BCUT2D eigenvalue weighted by atomic mass is 35.5. The molecule has 0 saturated heterocycles. The molecule has 0 fully saturated rings. The normalized spacial score (nSPS) is 11.6. The highest BCUT2D eigenvalue weighted by Gasteiger charge is 2.19. The molecular weight excluding hydrogens is 333 g/mol. The third kappa shape index (κ3) is 5.35. The lowest BCUT2D eigenvalue weighted by Crippen LogP contribution is -2.31. The molecule has 0 aliphatic heterocycles. The first-order valence-corrected chi connectivity index (χ1v) is 7.72. The van der Waals surface area contributed by atoms with Crippen LogP contribution in [0.3, 0.4) is 0 Å². The predicted molar refractivity (Wildman–Crippen MR) is 89.1 cm³/mol. The van der Waals surface area contributed by atoms with E-state index in [9.17, 15) is 14.0 Å². The van der Waals surface area contributed by atoms with Crippen molar-refractivity contribution in [3.05, 3.63) is 70.5 Å². The Labute approximate surface area is 144 Å². The lowest BCUT2D eigenvalue weighted by Gasteiger charge is -2.18. The third-order valence-electron chi connectivity index (χ3n) is 3.46. The van der Waals surface area contributed by atoms with Gasteiger partial charge in [-0.05, 0) is 35.4 Å². The van der Waals surface area contributed by atoms with E-state index in [0.717, 1.165) is 5.56 Å². The second kappa shape index (κ2) is 8.45. The fraction of sp³-hybridized carbons (Fsp3) is 0.222. The number of halogens is 2. The van der Waals surface area contributed by atoms with E-state index in [1.165, 1.54) is 19.2 Å². The number of hydrogen-bond donors (Lipinski definition) is 1. The Bertz CT molecular complexity index is 718. The fourth-order valence-electron chi connectivity index (χ4n) is 2.27. The van der Waals surface area contributed by atoms with E-state index in [2.05, 4.69) is 10.1 Å². The van der Waals surface area contributed by atoms with Crippen LogP contribution in [0.25, 0.3) is 0 Å². The van der Waals surface area contributed by atoms with Gasteiger partial charge >= 0.3 is 5.97 Å². The van der Waals surface area contributed by atoms with Gasteiger partial charge in [-0.25, -0.2) is 4.39 Å². The largest absolute Gasteiger partial charge is 0.469 e. The van der Waals surface area contributed by atoms with E-state index in [1.807, 2.05) is 0 Å². The van der Waals surface area contributed by atoms with E-state index >= 15 is 0 Å². The fourth-order valence-corrected chi connectivity index (χ4v) is 2.40. The molecule has 0 aromatic heterocycles. The van der Waals surface area contributed by atoms with Crippen LogP contribution < -0.4 is 5.32 Å². The zero-order valence-corrected chi connectivity index (χ0v) is 13.8. The third-order valence-corrected chi connectivity index (χ3v) is 3.71. The van der Waals surface area contributed by atoms with Gasteiger partial charge in [-0.3, -0.25) is 9.59 Å². The number of nitrogens with one attached hydrogen (secondary N) is 1. The molecule has 1 atom stereocenters. The second-order valence-corrected chi connectivity index (χ2v) is 5.70. The number of ether oxygens (including phenoxy) is 1. The molecule has 0 spiro atoms. The summed E-state index contributed by atoms with van der Waals surface area (Å²) in [5.41, 5.74) is 1.29. The molecule has 2 rings (SSSR count). The van der Waals surface area contributed by atoms with Gasteiger partial charge in [0, 0.05) is 5.02 Å². The van der Waals surface area contributed by atoms with Crippen molar-refractivity contribution in [3.63, 3.8) is 0 Å². The molecule has 0 bridgehead atoms. The molecule has 0 heterocycles. The average molecular weight is 350 g/mol. The SMILES string of the molecule is COC(=O)CC(NC(=O)Cc1cccc(F)c1)c1ccc(Cl)cc1. The summed E-state index contributed by atoms with van der Waals surface area (Å²) in [5.74, 6) is -1.16. The molecule has 4 nitrogen and oxygen atoms in total. The molecule has 1 amide bonds. The quantitative estimate of drug-likeness (QED) is 0.813. The van der Waals surface area contributed by atoms with Crippen molar-refractivity contribution in [1.82, 2.24) is 5.32 Å². The Morgan fingerprint density at radius 1 is 1.21 bits per heavy atom. The summed E-state index contributed by atoms with van der Waals surface area (Å²) in [6, 6.07) is 12.1. The lowest BCUT2D eigenvalue weighted by atomic mass is 10.0. The van der Waals surface area contributed by atoms with Gasteiger partial charge in [-0.2, -0.15) is 0 Å². The van der Waals surface area contributed by atoms with Gasteiger partial charge in [0.1, 0.15) is 5.82 Å². The molecule has 0 radical (unpaired) electrons. The molecule has 2 aromatic carbocycles. The van der Waals surface area contributed by atoms with E-state index in [0.29, 0.717) is 10.6 Å². The zero-order valence-electron chi connectivity index (χ0n) is 13.1. The number of carbonyl (C=O) groups is 2. The molecular formula is C18H17ClFNO3. The zero-order chi connectivity index (χ0) is 17.5. The van der Waals surface area contributed by atoms with Crippen molar-refractivity contribution in [3.8, 4) is 0 Å². The van der Waals surface area contributed by atoms with Gasteiger partial charge in [-0.15, -0.1) is 0 Å². The van der Waals surface area contributed by atoms with Crippen molar-refractivity contribution in [2.24, 2.45) is 0 Å². The summed E-state index contributed by atoms with van der Waals surface area (Å²) in [6.45, 7) is 0. The van der Waals surface area contributed by atoms with Crippen LogP contribution in [0, 0.1) is 5.82 Å². The van der Waals surface area contributed by atoms with Crippen molar-refractivity contribution < 1.29 is 18.7 Å². The summed E-state index contributed by atoms with van der Waals surface area (Å²) in [4.78, 5) is 23.8. The Balaban J connectivity index is 2.10. The van der Waals surface area contributed by atoms with Crippen LogP contribution in [0.5, 0.6) is 0 Å². The first-order chi connectivity index (χ1) is 11.5. The second-order valence-electron chi connectivity index (χ2n) is 5.26. The molecule has 0 saturated carbocycles. The molecule has 2 aromatic rings. The summed E-state index contributed by atoms with van der Waals surface area (Å²) in [5, 5.41) is 3.34. The molecule has 126 valence electrons. The van der Waals surface area contributed by atoms with E-state index < -0.39 is 17.8 Å². The molecule has 1 N–H and O–H groups in total. The monoisotopic (exact) mass is 349 g/mol. The summed E-state index contributed by atoms with van der Waals surface area (Å²) >= 11 is 5.86. The predicted octanol–water partition coefficient (Wildman–Crippen LogP) is 3.44. The number of carbonyl (C=O) groups excluding carboxylic acids is 2. The van der Waals surface area contributed by atoms with Gasteiger partial charge in [-0.1, -0.05) is 35.9 Å². The number of amides is 1. The van der Waals surface area contributed by atoms with Crippen molar-refractivity contribution >= 4 is 23.5 Å². The number of methoxy groups -OCH3 is 1. The summed E-state index contributed by atoms with van der Waals surface area (Å²) < 4.78 is 17.9. The standard InChI is InChI=1S/C18H17ClFNO3/c1-24-18(23)11-16(13-5-7-14(19)8-6-13)21-17(22)10-12-3-2-4-15(20)9-12/h2-9,16H,10-11H2,1H3,(H,21,22). The van der Waals surface area contributed by atoms with Gasteiger partial charge in [0.15, 0.2) is 0 Å². The van der Waals surface area contributed by atoms with E-state index in [4.69, 9.17) is 11.6 Å². The van der Waals surface area contributed by atoms with E-state index in [1.54, 1.807) is 36.4 Å². The Morgan fingerprint density at radius 3 is 2.54 bits per heavy atom. The van der Waals surface area contributed by atoms with Crippen LogP contribution in [0.15, 0.2) is 48.5 Å². The topological polar surface area (TPSA) is 55.4 Å². The van der Waals surface area contributed by atoms with Crippen LogP contribution >= 0.6 is 11.6 Å². The van der Waals surface area contributed by atoms with Crippen LogP contribution in [-0.4, -0.2) is 19.0 Å². The Hall–Kier alpha value is -2.40. The van der Waals surface area contributed by atoms with Gasteiger partial charge in [0.25, 0.3) is 0 Å². The first kappa shape index (κ1) is 17.9. The minimum absolute atomic E-state index is 0.00692. The maximum Gasteiger partial charge on any atom is 0.307 e. The lowest BCUT2D eigenvalue weighted by molar-refractivity contribution is -0.141. The van der Waals surface area contributed by atoms with Gasteiger partial charge in [0.05, 0.1) is 26.0 Å². The highest BCUT2D eigenvalue weighted by Crippen LogP contribution is 2.20.